The number of hydrogen-bond acceptors (Lipinski definition) is 4. The van der Waals surface area contributed by atoms with Crippen LogP contribution in [0.25, 0.3) is 11.3 Å². The molecule has 1 saturated heterocycles. The molecule has 3 aromatic rings. The Morgan fingerprint density at radius 2 is 2.00 bits per heavy atom. The van der Waals surface area contributed by atoms with Crippen molar-refractivity contribution in [3.05, 3.63) is 60.4 Å². The predicted molar refractivity (Wildman–Crippen MR) is 111 cm³/mol. The molecule has 30 heavy (non-hydrogen) atoms. The molecule has 1 saturated carbocycles. The van der Waals surface area contributed by atoms with Crippen LogP contribution in [0.5, 0.6) is 5.75 Å². The molecule has 4 heterocycles. The summed E-state index contributed by atoms with van der Waals surface area (Å²) >= 11 is 0. The van der Waals surface area contributed by atoms with Crippen molar-refractivity contribution in [2.45, 2.75) is 44.2 Å². The van der Waals surface area contributed by atoms with Gasteiger partial charge < -0.3 is 18.6 Å². The lowest BCUT2D eigenvalue weighted by Gasteiger charge is -2.45. The normalized spacial score (nSPS) is 19.7. The SMILES string of the molecule is O=C(c1ccoc1)N1CCC2(CC1)Oc1ccccc1-c1ncn(CC3CCC3)c12. The van der Waals surface area contributed by atoms with Crippen molar-refractivity contribution in [3.8, 4) is 17.0 Å². The topological polar surface area (TPSA) is 60.5 Å². The summed E-state index contributed by atoms with van der Waals surface area (Å²) in [5, 5.41) is 0. The summed E-state index contributed by atoms with van der Waals surface area (Å²) in [5.41, 5.74) is 3.49. The van der Waals surface area contributed by atoms with Gasteiger partial charge in [0.2, 0.25) is 0 Å². The largest absolute Gasteiger partial charge is 0.480 e. The van der Waals surface area contributed by atoms with Crippen LogP contribution < -0.4 is 4.74 Å². The molecule has 0 bridgehead atoms. The maximum absolute atomic E-state index is 12.8. The molecule has 2 aliphatic heterocycles. The number of imidazole rings is 1. The Morgan fingerprint density at radius 3 is 2.73 bits per heavy atom. The zero-order chi connectivity index (χ0) is 20.1. The standard InChI is InChI=1S/C24H25N3O3/c28-23(18-8-13-29-15-18)26-11-9-24(10-12-26)22-21(19-6-1-2-7-20(19)30-24)25-16-27(22)14-17-4-3-5-17/h1-2,6-8,13,15-17H,3-5,9-12,14H2. The highest BCUT2D eigenvalue weighted by Gasteiger charge is 2.47. The fourth-order valence-electron chi connectivity index (χ4n) is 5.14. The molecule has 1 amide bonds. The zero-order valence-electron chi connectivity index (χ0n) is 16.9. The Labute approximate surface area is 175 Å². The fraction of sp³-hybridized carbons (Fsp3) is 0.417. The summed E-state index contributed by atoms with van der Waals surface area (Å²) in [6.07, 6.45) is 10.5. The number of carbonyl (C=O) groups excluding carboxylic acids is 1. The molecule has 0 unspecified atom stereocenters. The van der Waals surface area contributed by atoms with Crippen molar-refractivity contribution in [3.63, 3.8) is 0 Å². The van der Waals surface area contributed by atoms with E-state index < -0.39 is 5.60 Å². The van der Waals surface area contributed by atoms with E-state index in [0.29, 0.717) is 18.7 Å². The van der Waals surface area contributed by atoms with E-state index in [4.69, 9.17) is 14.1 Å². The molecule has 1 aliphatic carbocycles. The molecular formula is C24H25N3O3. The second kappa shape index (κ2) is 6.76. The van der Waals surface area contributed by atoms with E-state index >= 15 is 0 Å². The minimum atomic E-state index is -0.433. The smallest absolute Gasteiger partial charge is 0.257 e. The summed E-state index contributed by atoms with van der Waals surface area (Å²) in [5.74, 6) is 1.66. The molecule has 0 atom stereocenters. The second-order valence-corrected chi connectivity index (χ2v) is 8.79. The third-order valence-corrected chi connectivity index (χ3v) is 7.02. The van der Waals surface area contributed by atoms with Crippen LogP contribution in [0.1, 0.15) is 48.2 Å². The number of likely N-dealkylation sites (tertiary alicyclic amines) is 1. The number of hydrogen-bond donors (Lipinski definition) is 0. The quantitative estimate of drug-likeness (QED) is 0.648. The van der Waals surface area contributed by atoms with Crippen LogP contribution >= 0.6 is 0 Å². The van der Waals surface area contributed by atoms with Crippen LogP contribution in [-0.2, 0) is 12.1 Å². The number of piperidine rings is 1. The maximum atomic E-state index is 12.8. The van der Waals surface area contributed by atoms with Crippen LogP contribution in [-0.4, -0.2) is 33.4 Å². The predicted octanol–water partition coefficient (Wildman–Crippen LogP) is 4.47. The molecule has 6 nitrogen and oxygen atoms in total. The Kier molecular flexibility index (Phi) is 4.01. The van der Waals surface area contributed by atoms with Crippen molar-refractivity contribution in [1.29, 1.82) is 0 Å². The molecule has 0 N–H and O–H groups in total. The number of carbonyl (C=O) groups is 1. The van der Waals surface area contributed by atoms with E-state index in [0.717, 1.165) is 42.3 Å². The lowest BCUT2D eigenvalue weighted by molar-refractivity contribution is -0.00808. The fourth-order valence-corrected chi connectivity index (χ4v) is 5.14. The minimum Gasteiger partial charge on any atom is -0.480 e. The van der Waals surface area contributed by atoms with Gasteiger partial charge >= 0.3 is 0 Å². The van der Waals surface area contributed by atoms with Crippen LogP contribution in [0.2, 0.25) is 0 Å². The summed E-state index contributed by atoms with van der Waals surface area (Å²) < 4.78 is 14.2. The van der Waals surface area contributed by atoms with E-state index in [9.17, 15) is 4.79 Å². The number of benzene rings is 1. The van der Waals surface area contributed by atoms with Crippen LogP contribution in [0.15, 0.2) is 53.6 Å². The van der Waals surface area contributed by atoms with Gasteiger partial charge in [-0.05, 0) is 37.0 Å². The van der Waals surface area contributed by atoms with Gasteiger partial charge in [0.05, 0.1) is 29.5 Å². The van der Waals surface area contributed by atoms with E-state index in [-0.39, 0.29) is 5.91 Å². The van der Waals surface area contributed by atoms with Crippen LogP contribution in [0, 0.1) is 5.92 Å². The summed E-state index contributed by atoms with van der Waals surface area (Å²) in [6.45, 7) is 2.31. The van der Waals surface area contributed by atoms with Gasteiger partial charge in [0.1, 0.15) is 12.0 Å². The van der Waals surface area contributed by atoms with Crippen LogP contribution in [0.3, 0.4) is 0 Å². The van der Waals surface area contributed by atoms with E-state index in [1.807, 2.05) is 29.4 Å². The molecule has 0 radical (unpaired) electrons. The minimum absolute atomic E-state index is 0.0259. The molecular weight excluding hydrogens is 378 g/mol. The lowest BCUT2D eigenvalue weighted by Crippen LogP contribution is -2.50. The first-order chi connectivity index (χ1) is 14.7. The molecule has 154 valence electrons. The molecule has 2 fully saturated rings. The van der Waals surface area contributed by atoms with Gasteiger partial charge in [-0.2, -0.15) is 0 Å². The number of nitrogens with zero attached hydrogens (tertiary/aromatic N) is 3. The van der Waals surface area contributed by atoms with Crippen molar-refractivity contribution >= 4 is 5.91 Å². The van der Waals surface area contributed by atoms with E-state index in [1.54, 1.807) is 12.3 Å². The van der Waals surface area contributed by atoms with Gasteiger partial charge in [0, 0.05) is 38.0 Å². The number of fused-ring (bicyclic) bond motifs is 4. The molecule has 2 aromatic heterocycles. The van der Waals surface area contributed by atoms with Crippen molar-refractivity contribution in [2.75, 3.05) is 13.1 Å². The van der Waals surface area contributed by atoms with Gasteiger partial charge in [0.25, 0.3) is 5.91 Å². The number of rotatable bonds is 3. The summed E-state index contributed by atoms with van der Waals surface area (Å²) in [4.78, 5) is 19.5. The van der Waals surface area contributed by atoms with Crippen molar-refractivity contribution < 1.29 is 13.9 Å². The first-order valence-corrected chi connectivity index (χ1v) is 10.9. The van der Waals surface area contributed by atoms with Gasteiger partial charge in [-0.15, -0.1) is 0 Å². The number of ether oxygens (including phenoxy) is 1. The van der Waals surface area contributed by atoms with Gasteiger partial charge in [-0.25, -0.2) is 4.98 Å². The number of aromatic nitrogens is 2. The molecule has 1 aromatic carbocycles. The van der Waals surface area contributed by atoms with Gasteiger partial charge in [-0.1, -0.05) is 18.6 Å². The monoisotopic (exact) mass is 403 g/mol. The molecule has 6 heteroatoms. The van der Waals surface area contributed by atoms with E-state index in [1.165, 1.54) is 31.2 Å². The molecule has 6 rings (SSSR count). The Bertz CT molecular complexity index is 1070. The Hall–Kier alpha value is -3.02. The lowest BCUT2D eigenvalue weighted by atomic mass is 9.82. The average molecular weight is 403 g/mol. The third kappa shape index (κ3) is 2.70. The highest BCUT2D eigenvalue weighted by molar-refractivity contribution is 5.93. The van der Waals surface area contributed by atoms with Gasteiger partial charge in [-0.3, -0.25) is 4.79 Å². The second-order valence-electron chi connectivity index (χ2n) is 8.79. The van der Waals surface area contributed by atoms with Crippen molar-refractivity contribution in [1.82, 2.24) is 14.5 Å². The van der Waals surface area contributed by atoms with Gasteiger partial charge in [0.15, 0.2) is 5.60 Å². The first kappa shape index (κ1) is 17.8. The summed E-state index contributed by atoms with van der Waals surface area (Å²) in [6, 6.07) is 9.92. The first-order valence-electron chi connectivity index (χ1n) is 10.9. The molecule has 1 spiro atoms. The van der Waals surface area contributed by atoms with Crippen molar-refractivity contribution in [2.24, 2.45) is 5.92 Å². The zero-order valence-corrected chi connectivity index (χ0v) is 16.9. The molecule has 3 aliphatic rings. The number of amides is 1. The number of furan rings is 1. The van der Waals surface area contributed by atoms with Crippen LogP contribution in [0.4, 0.5) is 0 Å². The summed E-state index contributed by atoms with van der Waals surface area (Å²) in [7, 11) is 0. The Balaban J connectivity index is 1.34. The average Bonchev–Trinajstić information content (AvgIpc) is 3.42. The Morgan fingerprint density at radius 1 is 1.17 bits per heavy atom. The van der Waals surface area contributed by atoms with E-state index in [2.05, 4.69) is 10.6 Å². The number of para-hydroxylation sites is 1. The maximum Gasteiger partial charge on any atom is 0.257 e. The highest BCUT2D eigenvalue weighted by atomic mass is 16.5. The third-order valence-electron chi connectivity index (χ3n) is 7.02. The highest BCUT2D eigenvalue weighted by Crippen LogP contribution is 2.49.